The molecular formula is C13H11Cl3N2O. The van der Waals surface area contributed by atoms with Gasteiger partial charge in [0.1, 0.15) is 5.69 Å². The quantitative estimate of drug-likeness (QED) is 0.772. The van der Waals surface area contributed by atoms with Gasteiger partial charge in [-0.15, -0.1) is 0 Å². The van der Waals surface area contributed by atoms with Gasteiger partial charge in [-0.05, 0) is 32.0 Å². The molecule has 0 bridgehead atoms. The smallest absolute Gasteiger partial charge is 0.212 e. The van der Waals surface area contributed by atoms with Crippen LogP contribution in [0.1, 0.15) is 35.9 Å². The second kappa shape index (κ2) is 5.53. The van der Waals surface area contributed by atoms with E-state index in [4.69, 9.17) is 34.8 Å². The Hall–Kier alpha value is -1.03. The number of hydrogen-bond acceptors (Lipinski definition) is 2. The lowest BCUT2D eigenvalue weighted by atomic mass is 10.1. The highest BCUT2D eigenvalue weighted by molar-refractivity contribution is 6.36. The molecule has 0 aliphatic carbocycles. The molecule has 0 atom stereocenters. The molecule has 0 spiro atoms. The molecule has 2 rings (SSSR count). The maximum Gasteiger partial charge on any atom is 0.212 e. The van der Waals surface area contributed by atoms with Crippen molar-refractivity contribution in [2.75, 3.05) is 0 Å². The van der Waals surface area contributed by atoms with E-state index in [1.807, 2.05) is 13.8 Å². The van der Waals surface area contributed by atoms with Crippen LogP contribution >= 0.6 is 34.8 Å². The third-order valence-corrected chi connectivity index (χ3v) is 3.29. The summed E-state index contributed by atoms with van der Waals surface area (Å²) in [4.78, 5) is 12.5. The topological polar surface area (TPSA) is 34.9 Å². The minimum atomic E-state index is -0.249. The molecule has 0 aliphatic heterocycles. The molecule has 0 saturated heterocycles. The van der Waals surface area contributed by atoms with Crippen LogP contribution < -0.4 is 0 Å². The molecular weight excluding hydrogens is 307 g/mol. The number of hydrogen-bond donors (Lipinski definition) is 0. The maximum atomic E-state index is 12.5. The summed E-state index contributed by atoms with van der Waals surface area (Å²) in [6.45, 7) is 3.84. The van der Waals surface area contributed by atoms with Gasteiger partial charge in [-0.25, -0.2) is 0 Å². The molecule has 0 unspecified atom stereocenters. The molecule has 0 amide bonds. The molecule has 2 aromatic rings. The summed E-state index contributed by atoms with van der Waals surface area (Å²) in [6.07, 6.45) is 1.46. The van der Waals surface area contributed by atoms with Gasteiger partial charge in [0, 0.05) is 21.7 Å². The summed E-state index contributed by atoms with van der Waals surface area (Å²) in [6, 6.07) is 4.72. The van der Waals surface area contributed by atoms with E-state index in [0.717, 1.165) is 0 Å². The van der Waals surface area contributed by atoms with Crippen molar-refractivity contribution in [1.29, 1.82) is 0 Å². The van der Waals surface area contributed by atoms with Crippen molar-refractivity contribution in [3.05, 3.63) is 50.7 Å². The fourth-order valence-corrected chi connectivity index (χ4v) is 2.51. The third kappa shape index (κ3) is 2.94. The predicted octanol–water partition coefficient (Wildman–Crippen LogP) is 4.66. The van der Waals surface area contributed by atoms with E-state index in [1.165, 1.54) is 6.20 Å². The summed E-state index contributed by atoms with van der Waals surface area (Å²) >= 11 is 17.9. The fourth-order valence-electron chi connectivity index (χ4n) is 1.77. The average molecular weight is 318 g/mol. The number of nitrogens with zero attached hydrogens (tertiary/aromatic N) is 2. The average Bonchev–Trinajstić information content (AvgIpc) is 2.69. The Morgan fingerprint density at radius 3 is 2.26 bits per heavy atom. The Labute approximate surface area is 126 Å². The number of ketones is 1. The van der Waals surface area contributed by atoms with E-state index < -0.39 is 0 Å². The SMILES string of the molecule is CC(C)n1ncc(Cl)c1C(=O)c1cc(Cl)cc(Cl)c1. The van der Waals surface area contributed by atoms with Gasteiger partial charge in [0.2, 0.25) is 5.78 Å². The van der Waals surface area contributed by atoms with Gasteiger partial charge in [0.05, 0.1) is 11.2 Å². The Kier molecular flexibility index (Phi) is 4.19. The van der Waals surface area contributed by atoms with E-state index in [9.17, 15) is 4.79 Å². The fraction of sp³-hybridized carbons (Fsp3) is 0.231. The van der Waals surface area contributed by atoms with E-state index in [0.29, 0.717) is 26.3 Å². The third-order valence-electron chi connectivity index (χ3n) is 2.58. The van der Waals surface area contributed by atoms with Crippen LogP contribution in [0.5, 0.6) is 0 Å². The van der Waals surface area contributed by atoms with Crippen LogP contribution in [0.3, 0.4) is 0 Å². The van der Waals surface area contributed by atoms with Crippen LogP contribution in [0.25, 0.3) is 0 Å². The second-order valence-electron chi connectivity index (χ2n) is 4.37. The standard InChI is InChI=1S/C13H11Cl3N2O/c1-7(2)18-12(11(16)6-17-18)13(19)8-3-9(14)5-10(15)4-8/h3-7H,1-2H3. The van der Waals surface area contributed by atoms with Crippen molar-refractivity contribution in [1.82, 2.24) is 9.78 Å². The minimum absolute atomic E-state index is 0.0288. The highest BCUT2D eigenvalue weighted by Gasteiger charge is 2.21. The molecule has 0 radical (unpaired) electrons. The summed E-state index contributed by atoms with van der Waals surface area (Å²) in [5.41, 5.74) is 0.733. The normalized spacial score (nSPS) is 11.1. The number of carbonyl (C=O) groups excluding carboxylic acids is 1. The van der Waals surface area contributed by atoms with Crippen molar-refractivity contribution in [2.24, 2.45) is 0 Å². The Balaban J connectivity index is 2.53. The van der Waals surface area contributed by atoms with Gasteiger partial charge in [0.15, 0.2) is 0 Å². The summed E-state index contributed by atoms with van der Waals surface area (Å²) < 4.78 is 1.58. The molecule has 0 fully saturated rings. The highest BCUT2D eigenvalue weighted by Crippen LogP contribution is 2.25. The molecule has 1 aromatic carbocycles. The lowest BCUT2D eigenvalue weighted by molar-refractivity contribution is 0.102. The van der Waals surface area contributed by atoms with Gasteiger partial charge < -0.3 is 0 Å². The van der Waals surface area contributed by atoms with E-state index in [1.54, 1.807) is 22.9 Å². The first-order valence-corrected chi connectivity index (χ1v) is 6.77. The van der Waals surface area contributed by atoms with Gasteiger partial charge in [-0.1, -0.05) is 34.8 Å². The monoisotopic (exact) mass is 316 g/mol. The number of rotatable bonds is 3. The molecule has 6 heteroatoms. The summed E-state index contributed by atoms with van der Waals surface area (Å²) in [7, 11) is 0. The molecule has 0 aliphatic rings. The zero-order valence-corrected chi connectivity index (χ0v) is 12.6. The van der Waals surface area contributed by atoms with Crippen LogP contribution in [0, 0.1) is 0 Å². The molecule has 1 heterocycles. The first-order chi connectivity index (χ1) is 8.90. The van der Waals surface area contributed by atoms with Crippen LogP contribution in [-0.4, -0.2) is 15.6 Å². The van der Waals surface area contributed by atoms with E-state index in [2.05, 4.69) is 5.10 Å². The molecule has 1 aromatic heterocycles. The van der Waals surface area contributed by atoms with Gasteiger partial charge in [-0.2, -0.15) is 5.10 Å². The molecule has 19 heavy (non-hydrogen) atoms. The van der Waals surface area contributed by atoms with Crippen molar-refractivity contribution in [2.45, 2.75) is 19.9 Å². The molecule has 3 nitrogen and oxygen atoms in total. The minimum Gasteiger partial charge on any atom is -0.287 e. The van der Waals surface area contributed by atoms with Gasteiger partial charge in [0.25, 0.3) is 0 Å². The van der Waals surface area contributed by atoms with E-state index >= 15 is 0 Å². The largest absolute Gasteiger partial charge is 0.287 e. The first-order valence-electron chi connectivity index (χ1n) is 5.64. The van der Waals surface area contributed by atoms with Crippen molar-refractivity contribution in [3.8, 4) is 0 Å². The van der Waals surface area contributed by atoms with Crippen molar-refractivity contribution in [3.63, 3.8) is 0 Å². The number of benzene rings is 1. The molecule has 100 valence electrons. The summed E-state index contributed by atoms with van der Waals surface area (Å²) in [5, 5.41) is 5.23. The first kappa shape index (κ1) is 14.4. The van der Waals surface area contributed by atoms with Crippen LogP contribution in [0.15, 0.2) is 24.4 Å². The van der Waals surface area contributed by atoms with Gasteiger partial charge in [-0.3, -0.25) is 9.48 Å². The van der Waals surface area contributed by atoms with Gasteiger partial charge >= 0.3 is 0 Å². The Morgan fingerprint density at radius 1 is 1.16 bits per heavy atom. The molecule has 0 saturated carbocycles. The Bertz CT molecular complexity index is 615. The Morgan fingerprint density at radius 2 is 1.74 bits per heavy atom. The highest BCUT2D eigenvalue weighted by atomic mass is 35.5. The number of carbonyl (C=O) groups is 1. The van der Waals surface area contributed by atoms with Crippen LogP contribution in [-0.2, 0) is 0 Å². The number of aromatic nitrogens is 2. The lowest BCUT2D eigenvalue weighted by Crippen LogP contribution is -2.14. The maximum absolute atomic E-state index is 12.5. The van der Waals surface area contributed by atoms with Crippen molar-refractivity contribution >= 4 is 40.6 Å². The van der Waals surface area contributed by atoms with Crippen molar-refractivity contribution < 1.29 is 4.79 Å². The molecule has 0 N–H and O–H groups in total. The number of halogens is 3. The lowest BCUT2D eigenvalue weighted by Gasteiger charge is -2.11. The van der Waals surface area contributed by atoms with Crippen LogP contribution in [0.2, 0.25) is 15.1 Å². The predicted molar refractivity (Wildman–Crippen MR) is 77.5 cm³/mol. The zero-order valence-electron chi connectivity index (χ0n) is 10.3. The summed E-state index contributed by atoms with van der Waals surface area (Å²) in [5.74, 6) is -0.249. The van der Waals surface area contributed by atoms with Crippen LogP contribution in [0.4, 0.5) is 0 Å². The second-order valence-corrected chi connectivity index (χ2v) is 5.65. The zero-order chi connectivity index (χ0) is 14.2. The van der Waals surface area contributed by atoms with E-state index in [-0.39, 0.29) is 11.8 Å².